The Hall–Kier alpha value is -0.765. The van der Waals surface area contributed by atoms with Crippen molar-refractivity contribution in [2.24, 2.45) is 0 Å². The number of hydrogen-bond acceptors (Lipinski definition) is 2. The van der Waals surface area contributed by atoms with Crippen molar-refractivity contribution >= 4 is 12.9 Å². The highest BCUT2D eigenvalue weighted by Crippen LogP contribution is 2.27. The van der Waals surface area contributed by atoms with Crippen LogP contribution >= 0.6 is 0 Å². The summed E-state index contributed by atoms with van der Waals surface area (Å²) in [5.41, 5.74) is 1.12. The lowest BCUT2D eigenvalue weighted by Gasteiger charge is -2.16. The number of aromatic nitrogens is 2. The second kappa shape index (κ2) is 3.54. The molecule has 0 unspecified atom stereocenters. The predicted octanol–water partition coefficient (Wildman–Crippen LogP) is 0.554. The van der Waals surface area contributed by atoms with Gasteiger partial charge in [0.15, 0.2) is 7.28 Å². The Morgan fingerprint density at radius 1 is 1.69 bits per heavy atom. The highest BCUT2D eigenvalue weighted by molar-refractivity contribution is 6.50. The van der Waals surface area contributed by atoms with Gasteiger partial charge in [-0.3, -0.25) is 4.90 Å². The molecule has 1 fully saturated rings. The molecule has 1 radical (unpaired) electrons. The van der Waals surface area contributed by atoms with E-state index in [1.807, 2.05) is 20.3 Å². The van der Waals surface area contributed by atoms with Crippen molar-refractivity contribution in [2.45, 2.75) is 25.7 Å². The third kappa shape index (κ3) is 1.63. The summed E-state index contributed by atoms with van der Waals surface area (Å²) in [6.07, 6.45) is 4.42. The maximum absolute atomic E-state index is 4.39. The van der Waals surface area contributed by atoms with Crippen LogP contribution in [-0.2, 0) is 0 Å². The first-order chi connectivity index (χ1) is 6.31. The molecule has 1 saturated heterocycles. The van der Waals surface area contributed by atoms with Crippen LogP contribution in [-0.4, -0.2) is 35.7 Å². The zero-order valence-electron chi connectivity index (χ0n) is 8.25. The number of rotatable bonds is 2. The quantitative estimate of drug-likeness (QED) is 0.667. The Kier molecular flexibility index (Phi) is 2.40. The van der Waals surface area contributed by atoms with Crippen molar-refractivity contribution in [3.05, 3.63) is 12.0 Å². The predicted molar refractivity (Wildman–Crippen MR) is 54.4 cm³/mol. The van der Waals surface area contributed by atoms with Crippen molar-refractivity contribution in [3.63, 3.8) is 0 Å². The number of aromatic amines is 1. The molecule has 0 aliphatic carbocycles. The first-order valence-electron chi connectivity index (χ1n) is 4.86. The van der Waals surface area contributed by atoms with Crippen molar-refractivity contribution in [1.29, 1.82) is 0 Å². The topological polar surface area (TPSA) is 31.9 Å². The second-order valence-electron chi connectivity index (χ2n) is 3.65. The fourth-order valence-corrected chi connectivity index (χ4v) is 1.92. The van der Waals surface area contributed by atoms with E-state index in [9.17, 15) is 0 Å². The SMILES string of the molecule is C[B]c1cnc([C@@H]2CCCN2C)[nH]1. The number of nitrogens with zero attached hydrogens (tertiary/aromatic N) is 2. The fourth-order valence-electron chi connectivity index (χ4n) is 1.92. The van der Waals surface area contributed by atoms with Crippen LogP contribution in [0.15, 0.2) is 6.20 Å². The average molecular weight is 176 g/mol. The Morgan fingerprint density at radius 2 is 2.54 bits per heavy atom. The van der Waals surface area contributed by atoms with E-state index in [2.05, 4.69) is 21.9 Å². The summed E-state index contributed by atoms with van der Waals surface area (Å²) in [6, 6.07) is 0.508. The molecule has 13 heavy (non-hydrogen) atoms. The van der Waals surface area contributed by atoms with Crippen LogP contribution in [0.3, 0.4) is 0 Å². The number of imidazole rings is 1. The largest absolute Gasteiger partial charge is 0.354 e. The Morgan fingerprint density at radius 3 is 3.08 bits per heavy atom. The molecule has 1 aliphatic rings. The summed E-state index contributed by atoms with van der Waals surface area (Å²) in [7, 11) is 4.21. The monoisotopic (exact) mass is 176 g/mol. The van der Waals surface area contributed by atoms with Gasteiger partial charge in [0.05, 0.1) is 6.04 Å². The van der Waals surface area contributed by atoms with Gasteiger partial charge in [-0.15, -0.1) is 0 Å². The number of hydrogen-bond donors (Lipinski definition) is 1. The lowest BCUT2D eigenvalue weighted by atomic mass is 9.79. The highest BCUT2D eigenvalue weighted by Gasteiger charge is 2.24. The van der Waals surface area contributed by atoms with Gasteiger partial charge in [-0.1, -0.05) is 6.82 Å². The van der Waals surface area contributed by atoms with Gasteiger partial charge in [0, 0.05) is 6.20 Å². The molecule has 1 atom stereocenters. The van der Waals surface area contributed by atoms with Crippen LogP contribution in [0.5, 0.6) is 0 Å². The highest BCUT2D eigenvalue weighted by atomic mass is 15.2. The zero-order valence-corrected chi connectivity index (χ0v) is 8.25. The van der Waals surface area contributed by atoms with Crippen LogP contribution in [0.25, 0.3) is 0 Å². The van der Waals surface area contributed by atoms with E-state index < -0.39 is 0 Å². The molecule has 2 heterocycles. The molecule has 69 valence electrons. The van der Waals surface area contributed by atoms with Crippen molar-refractivity contribution in [1.82, 2.24) is 14.9 Å². The maximum atomic E-state index is 4.39. The summed E-state index contributed by atoms with van der Waals surface area (Å²) in [6.45, 7) is 3.21. The lowest BCUT2D eigenvalue weighted by molar-refractivity contribution is 0.307. The first-order valence-corrected chi connectivity index (χ1v) is 4.86. The fraction of sp³-hybridized carbons (Fsp3) is 0.667. The van der Waals surface area contributed by atoms with Crippen LogP contribution in [0.1, 0.15) is 24.7 Å². The summed E-state index contributed by atoms with van der Waals surface area (Å²) >= 11 is 0. The molecular formula is C9H15BN3. The van der Waals surface area contributed by atoms with Crippen molar-refractivity contribution in [2.75, 3.05) is 13.6 Å². The summed E-state index contributed by atoms with van der Waals surface area (Å²) < 4.78 is 0. The van der Waals surface area contributed by atoms with E-state index in [1.54, 1.807) is 0 Å². The molecule has 1 aromatic heterocycles. The van der Waals surface area contributed by atoms with Crippen molar-refractivity contribution < 1.29 is 0 Å². The molecule has 3 nitrogen and oxygen atoms in total. The van der Waals surface area contributed by atoms with E-state index in [-0.39, 0.29) is 0 Å². The second-order valence-corrected chi connectivity index (χ2v) is 3.65. The molecule has 1 aliphatic heterocycles. The van der Waals surface area contributed by atoms with Crippen LogP contribution in [0.2, 0.25) is 6.82 Å². The van der Waals surface area contributed by atoms with Crippen LogP contribution < -0.4 is 5.59 Å². The molecule has 1 N–H and O–H groups in total. The van der Waals surface area contributed by atoms with E-state index in [1.165, 1.54) is 19.4 Å². The van der Waals surface area contributed by atoms with Gasteiger partial charge in [-0.2, -0.15) is 0 Å². The van der Waals surface area contributed by atoms with Gasteiger partial charge in [-0.05, 0) is 32.0 Å². The van der Waals surface area contributed by atoms with Gasteiger partial charge >= 0.3 is 0 Å². The minimum Gasteiger partial charge on any atom is -0.354 e. The van der Waals surface area contributed by atoms with Crippen LogP contribution in [0.4, 0.5) is 0 Å². The summed E-state index contributed by atoms with van der Waals surface area (Å²) in [4.78, 5) is 10.1. The van der Waals surface area contributed by atoms with E-state index in [0.29, 0.717) is 6.04 Å². The van der Waals surface area contributed by atoms with Gasteiger partial charge < -0.3 is 4.98 Å². The van der Waals surface area contributed by atoms with E-state index >= 15 is 0 Å². The van der Waals surface area contributed by atoms with Gasteiger partial charge in [0.1, 0.15) is 5.82 Å². The standard InChI is InChI=1S/C9H15BN3/c1-10-8-6-11-9(12-8)7-4-3-5-13(7)2/h6-7H,3-5H2,1-2H3,(H,11,12)/t7-/m0/s1. The van der Waals surface area contributed by atoms with E-state index in [0.717, 1.165) is 11.4 Å². The van der Waals surface area contributed by atoms with Gasteiger partial charge in [-0.25, -0.2) is 4.98 Å². The summed E-state index contributed by atoms with van der Waals surface area (Å²) in [5.74, 6) is 1.12. The molecule has 0 amide bonds. The van der Waals surface area contributed by atoms with Gasteiger partial charge in [0.2, 0.25) is 0 Å². The Labute approximate surface area is 79.8 Å². The maximum Gasteiger partial charge on any atom is 0.173 e. The summed E-state index contributed by atoms with van der Waals surface area (Å²) in [5, 5.41) is 0. The molecule has 0 saturated carbocycles. The normalized spacial score (nSPS) is 23.7. The molecular weight excluding hydrogens is 161 g/mol. The molecule has 0 bridgehead atoms. The zero-order chi connectivity index (χ0) is 9.26. The first kappa shape index (κ1) is 8.82. The molecule has 0 aromatic carbocycles. The minimum atomic E-state index is 0.508. The lowest BCUT2D eigenvalue weighted by Crippen LogP contribution is -2.20. The Bertz CT molecular complexity index is 284. The molecule has 2 rings (SSSR count). The number of H-pyrrole nitrogens is 1. The smallest absolute Gasteiger partial charge is 0.173 e. The molecule has 4 heteroatoms. The Balaban J connectivity index is 2.15. The number of likely N-dealkylation sites (tertiary alicyclic amines) is 1. The van der Waals surface area contributed by atoms with E-state index in [4.69, 9.17) is 0 Å². The number of nitrogens with one attached hydrogen (secondary N) is 1. The third-order valence-electron chi connectivity index (χ3n) is 2.76. The van der Waals surface area contributed by atoms with Gasteiger partial charge in [0.25, 0.3) is 0 Å². The minimum absolute atomic E-state index is 0.508. The average Bonchev–Trinajstić information content (AvgIpc) is 2.71. The molecule has 0 spiro atoms. The third-order valence-corrected chi connectivity index (χ3v) is 2.76. The van der Waals surface area contributed by atoms with Crippen molar-refractivity contribution in [3.8, 4) is 0 Å². The molecule has 1 aromatic rings. The van der Waals surface area contributed by atoms with Crippen LogP contribution in [0, 0.1) is 0 Å².